The van der Waals surface area contributed by atoms with Gasteiger partial charge in [0.05, 0.1) is 0 Å². The largest absolute Gasteiger partial charge is 0.330 e. The van der Waals surface area contributed by atoms with Gasteiger partial charge < -0.3 is 5.73 Å². The van der Waals surface area contributed by atoms with E-state index in [4.69, 9.17) is 5.73 Å². The van der Waals surface area contributed by atoms with Crippen molar-refractivity contribution < 1.29 is 12.8 Å². The second-order valence-electron chi connectivity index (χ2n) is 4.18. The van der Waals surface area contributed by atoms with Crippen LogP contribution in [0.4, 0.5) is 4.39 Å². The molecule has 1 fully saturated rings. The molecule has 1 aliphatic rings. The molecule has 0 aliphatic carbocycles. The number of sulfonamides is 1. The standard InChI is InChI=1S/C11H15FN2O2S/c12-10-3-1-2-4-11(10)17(15,16)14-6-5-9(7-13)8-14/h1-4,9H,5-8,13H2. The molecule has 1 unspecified atom stereocenters. The van der Waals surface area contributed by atoms with Crippen molar-refractivity contribution in [2.45, 2.75) is 11.3 Å². The zero-order chi connectivity index (χ0) is 12.5. The number of rotatable bonds is 3. The topological polar surface area (TPSA) is 63.4 Å². The van der Waals surface area contributed by atoms with Crippen LogP contribution in [0.2, 0.25) is 0 Å². The van der Waals surface area contributed by atoms with Crippen LogP contribution in [0.1, 0.15) is 6.42 Å². The van der Waals surface area contributed by atoms with Gasteiger partial charge in [-0.1, -0.05) is 12.1 Å². The molecule has 0 amide bonds. The predicted molar refractivity (Wildman–Crippen MR) is 62.3 cm³/mol. The van der Waals surface area contributed by atoms with Crippen molar-refractivity contribution in [3.8, 4) is 0 Å². The molecule has 2 N–H and O–H groups in total. The third kappa shape index (κ3) is 2.34. The van der Waals surface area contributed by atoms with Crippen LogP contribution in [-0.4, -0.2) is 32.4 Å². The van der Waals surface area contributed by atoms with Gasteiger partial charge in [0.25, 0.3) is 0 Å². The van der Waals surface area contributed by atoms with Gasteiger partial charge in [-0.3, -0.25) is 0 Å². The maximum absolute atomic E-state index is 13.5. The number of nitrogens with two attached hydrogens (primary N) is 1. The monoisotopic (exact) mass is 258 g/mol. The lowest BCUT2D eigenvalue weighted by Gasteiger charge is -2.16. The van der Waals surface area contributed by atoms with E-state index in [-0.39, 0.29) is 10.8 Å². The summed E-state index contributed by atoms with van der Waals surface area (Å²) in [5, 5.41) is 0. The highest BCUT2D eigenvalue weighted by Gasteiger charge is 2.33. The van der Waals surface area contributed by atoms with Crippen molar-refractivity contribution in [1.82, 2.24) is 4.31 Å². The summed E-state index contributed by atoms with van der Waals surface area (Å²) < 4.78 is 39.1. The molecule has 0 radical (unpaired) electrons. The van der Waals surface area contributed by atoms with Gasteiger partial charge in [0, 0.05) is 13.1 Å². The molecule has 6 heteroatoms. The summed E-state index contributed by atoms with van der Waals surface area (Å²) in [6, 6.07) is 5.44. The number of benzene rings is 1. The quantitative estimate of drug-likeness (QED) is 0.872. The van der Waals surface area contributed by atoms with E-state index >= 15 is 0 Å². The average molecular weight is 258 g/mol. The number of hydrogen-bond acceptors (Lipinski definition) is 3. The van der Waals surface area contributed by atoms with Crippen LogP contribution in [0, 0.1) is 11.7 Å². The molecule has 1 atom stereocenters. The Labute approximate surface area is 100 Å². The summed E-state index contributed by atoms with van der Waals surface area (Å²) in [7, 11) is -3.71. The highest BCUT2D eigenvalue weighted by molar-refractivity contribution is 7.89. The van der Waals surface area contributed by atoms with E-state index < -0.39 is 15.8 Å². The van der Waals surface area contributed by atoms with Gasteiger partial charge in [-0.15, -0.1) is 0 Å². The maximum Gasteiger partial charge on any atom is 0.245 e. The second-order valence-corrected chi connectivity index (χ2v) is 6.09. The van der Waals surface area contributed by atoms with Crippen LogP contribution < -0.4 is 5.73 Å². The molecule has 94 valence electrons. The van der Waals surface area contributed by atoms with E-state index in [9.17, 15) is 12.8 Å². The Bertz CT molecular complexity index is 504. The third-order valence-electron chi connectivity index (χ3n) is 3.04. The van der Waals surface area contributed by atoms with Crippen molar-refractivity contribution in [2.24, 2.45) is 11.7 Å². The Balaban J connectivity index is 2.29. The Morgan fingerprint density at radius 1 is 1.41 bits per heavy atom. The van der Waals surface area contributed by atoms with Gasteiger partial charge in [-0.25, -0.2) is 12.8 Å². The fourth-order valence-electron chi connectivity index (χ4n) is 2.00. The molecule has 2 rings (SSSR count). The van der Waals surface area contributed by atoms with Crippen LogP contribution in [0.3, 0.4) is 0 Å². The first-order chi connectivity index (χ1) is 8.05. The van der Waals surface area contributed by atoms with Crippen molar-refractivity contribution in [2.75, 3.05) is 19.6 Å². The fraction of sp³-hybridized carbons (Fsp3) is 0.455. The third-order valence-corrected chi connectivity index (χ3v) is 4.93. The van der Waals surface area contributed by atoms with Gasteiger partial charge in [0.15, 0.2) is 0 Å². The smallest absolute Gasteiger partial charge is 0.245 e. The van der Waals surface area contributed by atoms with Crippen LogP contribution in [0.25, 0.3) is 0 Å². The minimum atomic E-state index is -3.71. The lowest BCUT2D eigenvalue weighted by Crippen LogP contribution is -2.30. The van der Waals surface area contributed by atoms with Crippen molar-refractivity contribution in [1.29, 1.82) is 0 Å². The molecule has 0 spiro atoms. The first-order valence-electron chi connectivity index (χ1n) is 5.50. The summed E-state index contributed by atoms with van der Waals surface area (Å²) in [6.45, 7) is 1.26. The van der Waals surface area contributed by atoms with Crippen molar-refractivity contribution in [3.63, 3.8) is 0 Å². The Morgan fingerprint density at radius 2 is 2.12 bits per heavy atom. The lowest BCUT2D eigenvalue weighted by atomic mass is 10.1. The van der Waals surface area contributed by atoms with E-state index in [1.54, 1.807) is 0 Å². The molecule has 17 heavy (non-hydrogen) atoms. The number of halogens is 1. The van der Waals surface area contributed by atoms with Crippen LogP contribution >= 0.6 is 0 Å². The Hall–Kier alpha value is -0.980. The molecular weight excluding hydrogens is 243 g/mol. The van der Waals surface area contributed by atoms with E-state index in [1.165, 1.54) is 22.5 Å². The van der Waals surface area contributed by atoms with E-state index in [0.717, 1.165) is 12.5 Å². The molecule has 0 bridgehead atoms. The second kappa shape index (κ2) is 4.72. The molecule has 1 aliphatic heterocycles. The molecule has 1 aromatic rings. The first-order valence-corrected chi connectivity index (χ1v) is 6.94. The highest BCUT2D eigenvalue weighted by atomic mass is 32.2. The van der Waals surface area contributed by atoms with Crippen LogP contribution in [-0.2, 0) is 10.0 Å². The fourth-order valence-corrected chi connectivity index (χ4v) is 3.60. The molecular formula is C11H15FN2O2S. The minimum Gasteiger partial charge on any atom is -0.330 e. The summed E-state index contributed by atoms with van der Waals surface area (Å²) >= 11 is 0. The maximum atomic E-state index is 13.5. The summed E-state index contributed by atoms with van der Waals surface area (Å²) in [5.74, 6) is -0.528. The molecule has 4 nitrogen and oxygen atoms in total. The van der Waals surface area contributed by atoms with E-state index in [1.807, 2.05) is 0 Å². The van der Waals surface area contributed by atoms with Crippen molar-refractivity contribution >= 4 is 10.0 Å². The normalized spacial score (nSPS) is 21.9. The Kier molecular flexibility index (Phi) is 3.46. The summed E-state index contributed by atoms with van der Waals surface area (Å²) in [4.78, 5) is -0.252. The minimum absolute atomic E-state index is 0.177. The molecule has 0 saturated carbocycles. The highest BCUT2D eigenvalue weighted by Crippen LogP contribution is 2.25. The van der Waals surface area contributed by atoms with Gasteiger partial charge in [-0.05, 0) is 31.0 Å². The van der Waals surface area contributed by atoms with Gasteiger partial charge in [0.1, 0.15) is 10.7 Å². The molecule has 1 heterocycles. The average Bonchev–Trinajstić information content (AvgIpc) is 2.78. The zero-order valence-electron chi connectivity index (χ0n) is 9.34. The van der Waals surface area contributed by atoms with Gasteiger partial charge in [-0.2, -0.15) is 4.31 Å². The molecule has 0 aromatic heterocycles. The van der Waals surface area contributed by atoms with Gasteiger partial charge in [0.2, 0.25) is 10.0 Å². The van der Waals surface area contributed by atoms with Crippen LogP contribution in [0.15, 0.2) is 29.2 Å². The Morgan fingerprint density at radius 3 is 2.71 bits per heavy atom. The van der Waals surface area contributed by atoms with Gasteiger partial charge >= 0.3 is 0 Å². The van der Waals surface area contributed by atoms with Crippen LogP contribution in [0.5, 0.6) is 0 Å². The summed E-state index contributed by atoms with van der Waals surface area (Å²) in [6.07, 6.45) is 0.740. The molecule has 1 saturated heterocycles. The SMILES string of the molecule is NCC1CCN(S(=O)(=O)c2ccccc2F)C1. The summed E-state index contributed by atoms with van der Waals surface area (Å²) in [5.41, 5.74) is 5.51. The predicted octanol–water partition coefficient (Wildman–Crippen LogP) is 0.795. The van der Waals surface area contributed by atoms with Crippen molar-refractivity contribution in [3.05, 3.63) is 30.1 Å². The lowest BCUT2D eigenvalue weighted by molar-refractivity contribution is 0.453. The first kappa shape index (κ1) is 12.5. The molecule has 1 aromatic carbocycles. The number of nitrogens with zero attached hydrogens (tertiary/aromatic N) is 1. The van der Waals surface area contributed by atoms with E-state index in [2.05, 4.69) is 0 Å². The van der Waals surface area contributed by atoms with E-state index in [0.29, 0.717) is 19.6 Å². The number of hydrogen-bond donors (Lipinski definition) is 1. The zero-order valence-corrected chi connectivity index (χ0v) is 10.2.